The Morgan fingerprint density at radius 3 is 2.76 bits per heavy atom. The minimum atomic E-state index is -0.292. The zero-order chi connectivity index (χ0) is 15.4. The minimum absolute atomic E-state index is 0.292. The molecule has 1 N–H and O–H groups in total. The summed E-state index contributed by atoms with van der Waals surface area (Å²) < 4.78 is 7.35. The Morgan fingerprint density at radius 1 is 1.38 bits per heavy atom. The molecule has 1 atom stereocenters. The second kappa shape index (κ2) is 6.64. The molecule has 0 amide bonds. The molecule has 112 valence electrons. The topological polar surface area (TPSA) is 50.0 Å². The molecule has 1 unspecified atom stereocenters. The molecule has 2 aromatic rings. The molecule has 21 heavy (non-hydrogen) atoms. The molecule has 0 spiro atoms. The molecule has 0 saturated carbocycles. The highest BCUT2D eigenvalue weighted by atomic mass is 16.5. The molecule has 0 aliphatic heterocycles. The summed E-state index contributed by atoms with van der Waals surface area (Å²) in [6.45, 7) is 5.22. The molecule has 0 aliphatic rings. The van der Waals surface area contributed by atoms with Gasteiger partial charge in [-0.15, -0.1) is 0 Å². The maximum absolute atomic E-state index is 9.49. The van der Waals surface area contributed by atoms with Crippen LogP contribution in [-0.2, 0) is 7.05 Å². The number of fused-ring (bicyclic) bond motifs is 1. The predicted octanol–water partition coefficient (Wildman–Crippen LogP) is 3.39. The fraction of sp³-hybridized carbons (Fsp3) is 0.471. The first kappa shape index (κ1) is 15.4. The molecular formula is C17H23N3O. The summed E-state index contributed by atoms with van der Waals surface area (Å²) in [7, 11) is 3.66. The van der Waals surface area contributed by atoms with Gasteiger partial charge in [-0.05, 0) is 37.1 Å². The molecule has 1 aromatic carbocycles. The molecule has 1 aromatic heterocycles. The lowest BCUT2D eigenvalue weighted by Gasteiger charge is -2.12. The Hall–Kier alpha value is -1.99. The number of rotatable bonds is 6. The normalized spacial score (nSPS) is 12.6. The SMILES string of the molecule is COc1ccc2c(c1)c(C(C#N)NCCC(C)C)cn2C. The molecule has 0 bridgehead atoms. The number of benzene rings is 1. The second-order valence-electron chi connectivity index (χ2n) is 5.78. The van der Waals surface area contributed by atoms with Gasteiger partial charge in [0.2, 0.25) is 0 Å². The number of nitrogens with one attached hydrogen (secondary N) is 1. The van der Waals surface area contributed by atoms with E-state index in [0.717, 1.165) is 35.2 Å². The highest BCUT2D eigenvalue weighted by molar-refractivity contribution is 5.86. The fourth-order valence-corrected chi connectivity index (χ4v) is 2.50. The van der Waals surface area contributed by atoms with Crippen LogP contribution in [0.2, 0.25) is 0 Å². The van der Waals surface area contributed by atoms with Crippen molar-refractivity contribution in [2.75, 3.05) is 13.7 Å². The van der Waals surface area contributed by atoms with Crippen LogP contribution in [0.15, 0.2) is 24.4 Å². The zero-order valence-electron chi connectivity index (χ0n) is 13.2. The molecule has 1 heterocycles. The van der Waals surface area contributed by atoms with Crippen LogP contribution in [-0.4, -0.2) is 18.2 Å². The maximum Gasteiger partial charge on any atom is 0.123 e. The summed E-state index contributed by atoms with van der Waals surface area (Å²) in [4.78, 5) is 0. The molecule has 4 nitrogen and oxygen atoms in total. The fourth-order valence-electron chi connectivity index (χ4n) is 2.50. The van der Waals surface area contributed by atoms with Crippen molar-refractivity contribution >= 4 is 10.9 Å². The van der Waals surface area contributed by atoms with Crippen LogP contribution in [0.1, 0.15) is 31.9 Å². The number of nitrogens with zero attached hydrogens (tertiary/aromatic N) is 2. The molecule has 4 heteroatoms. The smallest absolute Gasteiger partial charge is 0.123 e. The van der Waals surface area contributed by atoms with Gasteiger partial charge in [0, 0.05) is 29.7 Å². The lowest BCUT2D eigenvalue weighted by atomic mass is 10.1. The first-order valence-corrected chi connectivity index (χ1v) is 7.32. The Balaban J connectivity index is 2.32. The lowest BCUT2D eigenvalue weighted by Crippen LogP contribution is -2.22. The molecular weight excluding hydrogens is 262 g/mol. The number of aromatic nitrogens is 1. The van der Waals surface area contributed by atoms with Crippen molar-refractivity contribution < 1.29 is 4.74 Å². The number of hydrogen-bond acceptors (Lipinski definition) is 3. The molecule has 2 rings (SSSR count). The summed E-state index contributed by atoms with van der Waals surface area (Å²) in [5.41, 5.74) is 2.12. The van der Waals surface area contributed by atoms with Gasteiger partial charge in [-0.2, -0.15) is 5.26 Å². The van der Waals surface area contributed by atoms with Crippen molar-refractivity contribution in [1.29, 1.82) is 5.26 Å². The van der Waals surface area contributed by atoms with Gasteiger partial charge in [0.05, 0.1) is 13.2 Å². The van der Waals surface area contributed by atoms with Crippen molar-refractivity contribution in [2.45, 2.75) is 26.3 Å². The monoisotopic (exact) mass is 285 g/mol. The van der Waals surface area contributed by atoms with Gasteiger partial charge in [0.15, 0.2) is 0 Å². The van der Waals surface area contributed by atoms with Crippen molar-refractivity contribution in [3.8, 4) is 11.8 Å². The number of methoxy groups -OCH3 is 1. The van der Waals surface area contributed by atoms with E-state index in [9.17, 15) is 5.26 Å². The van der Waals surface area contributed by atoms with Gasteiger partial charge < -0.3 is 9.30 Å². The summed E-state index contributed by atoms with van der Waals surface area (Å²) in [5, 5.41) is 13.9. The maximum atomic E-state index is 9.49. The average Bonchev–Trinajstić information content (AvgIpc) is 2.80. The van der Waals surface area contributed by atoms with Crippen LogP contribution in [0.25, 0.3) is 10.9 Å². The van der Waals surface area contributed by atoms with E-state index in [2.05, 4.69) is 29.8 Å². The van der Waals surface area contributed by atoms with E-state index < -0.39 is 0 Å². The van der Waals surface area contributed by atoms with E-state index in [1.54, 1.807) is 7.11 Å². The first-order valence-electron chi connectivity index (χ1n) is 7.32. The van der Waals surface area contributed by atoms with Crippen LogP contribution in [0.4, 0.5) is 0 Å². The van der Waals surface area contributed by atoms with Crippen LogP contribution < -0.4 is 10.1 Å². The van der Waals surface area contributed by atoms with Gasteiger partial charge in [0.1, 0.15) is 11.8 Å². The van der Waals surface area contributed by atoms with Crippen molar-refractivity contribution in [3.63, 3.8) is 0 Å². The third-order valence-electron chi connectivity index (χ3n) is 3.74. The Bertz CT molecular complexity index is 652. The summed E-state index contributed by atoms with van der Waals surface area (Å²) in [5.74, 6) is 1.44. The summed E-state index contributed by atoms with van der Waals surface area (Å²) >= 11 is 0. The van der Waals surface area contributed by atoms with E-state index in [4.69, 9.17) is 4.74 Å². The van der Waals surface area contributed by atoms with E-state index in [1.807, 2.05) is 31.4 Å². The Labute approximate surface area is 126 Å². The number of aryl methyl sites for hydroxylation is 1. The van der Waals surface area contributed by atoms with E-state index in [-0.39, 0.29) is 6.04 Å². The lowest BCUT2D eigenvalue weighted by molar-refractivity contribution is 0.415. The molecule has 0 aliphatic carbocycles. The van der Waals surface area contributed by atoms with E-state index >= 15 is 0 Å². The molecule has 0 saturated heterocycles. The van der Waals surface area contributed by atoms with Crippen LogP contribution in [0.5, 0.6) is 5.75 Å². The van der Waals surface area contributed by atoms with Crippen LogP contribution in [0.3, 0.4) is 0 Å². The Kier molecular flexibility index (Phi) is 4.87. The van der Waals surface area contributed by atoms with Crippen molar-refractivity contribution in [1.82, 2.24) is 9.88 Å². The number of nitriles is 1. The van der Waals surface area contributed by atoms with Gasteiger partial charge in [0.25, 0.3) is 0 Å². The predicted molar refractivity (Wildman–Crippen MR) is 85.3 cm³/mol. The van der Waals surface area contributed by atoms with Crippen molar-refractivity contribution in [3.05, 3.63) is 30.0 Å². The minimum Gasteiger partial charge on any atom is -0.497 e. The quantitative estimate of drug-likeness (QED) is 0.885. The van der Waals surface area contributed by atoms with Crippen LogP contribution in [0, 0.1) is 17.2 Å². The largest absolute Gasteiger partial charge is 0.497 e. The highest BCUT2D eigenvalue weighted by Crippen LogP contribution is 2.29. The van der Waals surface area contributed by atoms with Gasteiger partial charge in [-0.1, -0.05) is 13.8 Å². The average molecular weight is 285 g/mol. The number of ether oxygens (including phenoxy) is 1. The number of hydrogen-bond donors (Lipinski definition) is 1. The summed E-state index contributed by atoms with van der Waals surface area (Å²) in [6, 6.07) is 8.05. The van der Waals surface area contributed by atoms with Gasteiger partial charge >= 0.3 is 0 Å². The Morgan fingerprint density at radius 2 is 2.14 bits per heavy atom. The molecule has 0 fully saturated rings. The first-order chi connectivity index (χ1) is 10.1. The van der Waals surface area contributed by atoms with Crippen molar-refractivity contribution in [2.24, 2.45) is 13.0 Å². The standard InChI is InChI=1S/C17H23N3O/c1-12(2)7-8-19-16(10-18)15-11-20(3)17-6-5-13(21-4)9-14(15)17/h5-6,9,11-12,16,19H,7-8H2,1-4H3. The summed E-state index contributed by atoms with van der Waals surface area (Å²) in [6.07, 6.45) is 3.09. The van der Waals surface area contributed by atoms with Gasteiger partial charge in [-0.3, -0.25) is 5.32 Å². The second-order valence-corrected chi connectivity index (χ2v) is 5.78. The van der Waals surface area contributed by atoms with E-state index in [0.29, 0.717) is 5.92 Å². The highest BCUT2D eigenvalue weighted by Gasteiger charge is 2.17. The third kappa shape index (κ3) is 3.37. The molecule has 0 radical (unpaired) electrons. The van der Waals surface area contributed by atoms with E-state index in [1.165, 1.54) is 0 Å². The zero-order valence-corrected chi connectivity index (χ0v) is 13.2. The van der Waals surface area contributed by atoms with Gasteiger partial charge in [-0.25, -0.2) is 0 Å². The third-order valence-corrected chi connectivity index (χ3v) is 3.74. The van der Waals surface area contributed by atoms with Crippen LogP contribution >= 0.6 is 0 Å².